The van der Waals surface area contributed by atoms with Crippen LogP contribution in [0.25, 0.3) is 0 Å². The second-order valence-electron chi connectivity index (χ2n) is 7.88. The first-order chi connectivity index (χ1) is 13.4. The normalized spacial score (nSPS) is 23.1. The molecule has 2 heterocycles. The van der Waals surface area contributed by atoms with Gasteiger partial charge in [-0.2, -0.15) is 0 Å². The van der Waals surface area contributed by atoms with Gasteiger partial charge in [0, 0.05) is 38.6 Å². The van der Waals surface area contributed by atoms with Crippen LogP contribution in [0.4, 0.5) is 0 Å². The second-order valence-corrected chi connectivity index (χ2v) is 7.88. The molecule has 152 valence electrons. The number of likely N-dealkylation sites (tertiary alicyclic amines) is 2. The number of hydrogen-bond acceptors (Lipinski definition) is 4. The first-order valence-corrected chi connectivity index (χ1v) is 9.96. The SMILES string of the molecule is CN(CC(=O)O)[C@@H]1CCCN(C(=O)[C@@H]2CC(=O)N(Cc3ccccc3)C2)CC1. The Bertz CT molecular complexity index is 709. The molecule has 3 rings (SSSR count). The van der Waals surface area contributed by atoms with E-state index in [0.29, 0.717) is 26.2 Å². The average Bonchev–Trinajstić information content (AvgIpc) is 2.88. The van der Waals surface area contributed by atoms with Gasteiger partial charge in [-0.3, -0.25) is 19.3 Å². The van der Waals surface area contributed by atoms with Crippen molar-refractivity contribution in [1.82, 2.24) is 14.7 Å². The van der Waals surface area contributed by atoms with Crippen molar-refractivity contribution in [3.63, 3.8) is 0 Å². The molecule has 0 aliphatic carbocycles. The highest BCUT2D eigenvalue weighted by atomic mass is 16.4. The fraction of sp³-hybridized carbons (Fsp3) is 0.571. The minimum atomic E-state index is -0.831. The van der Waals surface area contributed by atoms with Crippen molar-refractivity contribution in [1.29, 1.82) is 0 Å². The number of carbonyl (C=O) groups is 3. The number of benzene rings is 1. The first kappa shape index (κ1) is 20.3. The van der Waals surface area contributed by atoms with Crippen LogP contribution >= 0.6 is 0 Å². The van der Waals surface area contributed by atoms with Gasteiger partial charge in [0.05, 0.1) is 12.5 Å². The number of carboxylic acids is 1. The molecule has 0 spiro atoms. The summed E-state index contributed by atoms with van der Waals surface area (Å²) in [5, 5.41) is 8.98. The van der Waals surface area contributed by atoms with Gasteiger partial charge in [0.1, 0.15) is 0 Å². The molecule has 2 fully saturated rings. The van der Waals surface area contributed by atoms with Crippen LogP contribution < -0.4 is 0 Å². The summed E-state index contributed by atoms with van der Waals surface area (Å²) in [5.74, 6) is -1.01. The van der Waals surface area contributed by atoms with Crippen molar-refractivity contribution in [2.45, 2.75) is 38.3 Å². The molecule has 2 aliphatic rings. The molecule has 2 amide bonds. The van der Waals surface area contributed by atoms with Gasteiger partial charge in [0.25, 0.3) is 0 Å². The first-order valence-electron chi connectivity index (χ1n) is 9.96. The zero-order valence-electron chi connectivity index (χ0n) is 16.4. The molecule has 0 aromatic heterocycles. The maximum atomic E-state index is 13.0. The highest BCUT2D eigenvalue weighted by molar-refractivity contribution is 5.89. The summed E-state index contributed by atoms with van der Waals surface area (Å²) in [4.78, 5) is 41.8. The number of carbonyl (C=O) groups excluding carboxylic acids is 2. The maximum absolute atomic E-state index is 13.0. The zero-order chi connectivity index (χ0) is 20.1. The molecule has 2 saturated heterocycles. The lowest BCUT2D eigenvalue weighted by atomic mass is 10.1. The number of rotatable bonds is 6. The van der Waals surface area contributed by atoms with E-state index in [1.807, 2.05) is 47.2 Å². The van der Waals surface area contributed by atoms with Gasteiger partial charge in [-0.15, -0.1) is 0 Å². The van der Waals surface area contributed by atoms with Gasteiger partial charge in [-0.05, 0) is 31.9 Å². The van der Waals surface area contributed by atoms with Crippen molar-refractivity contribution in [3.8, 4) is 0 Å². The Kier molecular flexibility index (Phi) is 6.67. The van der Waals surface area contributed by atoms with Gasteiger partial charge in [0.2, 0.25) is 11.8 Å². The number of amides is 2. The van der Waals surface area contributed by atoms with Crippen LogP contribution in [0.3, 0.4) is 0 Å². The van der Waals surface area contributed by atoms with Crippen molar-refractivity contribution in [2.75, 3.05) is 33.2 Å². The van der Waals surface area contributed by atoms with Gasteiger partial charge in [0.15, 0.2) is 0 Å². The Morgan fingerprint density at radius 1 is 1.18 bits per heavy atom. The number of nitrogens with zero attached hydrogens (tertiary/aromatic N) is 3. The summed E-state index contributed by atoms with van der Waals surface area (Å²) in [6, 6.07) is 10.0. The number of likely N-dealkylation sites (N-methyl/N-ethyl adjacent to an activating group) is 1. The quantitative estimate of drug-likeness (QED) is 0.799. The van der Waals surface area contributed by atoms with E-state index in [1.165, 1.54) is 0 Å². The van der Waals surface area contributed by atoms with E-state index in [1.54, 1.807) is 4.90 Å². The molecule has 0 unspecified atom stereocenters. The summed E-state index contributed by atoms with van der Waals surface area (Å²) >= 11 is 0. The smallest absolute Gasteiger partial charge is 0.317 e. The fourth-order valence-corrected chi connectivity index (χ4v) is 4.23. The number of carboxylic acid groups (broad SMARTS) is 1. The zero-order valence-corrected chi connectivity index (χ0v) is 16.4. The largest absolute Gasteiger partial charge is 0.480 e. The molecule has 0 bridgehead atoms. The molecule has 2 aliphatic heterocycles. The molecule has 1 aromatic carbocycles. The van der Waals surface area contributed by atoms with Crippen LogP contribution in [-0.2, 0) is 20.9 Å². The highest BCUT2D eigenvalue weighted by Crippen LogP contribution is 2.24. The van der Waals surface area contributed by atoms with Gasteiger partial charge in [-0.1, -0.05) is 30.3 Å². The third-order valence-electron chi connectivity index (χ3n) is 5.80. The summed E-state index contributed by atoms with van der Waals surface area (Å²) in [5.41, 5.74) is 1.07. The van der Waals surface area contributed by atoms with E-state index >= 15 is 0 Å². The van der Waals surface area contributed by atoms with Crippen molar-refractivity contribution in [3.05, 3.63) is 35.9 Å². The minimum absolute atomic E-state index is 0.0180. The lowest BCUT2D eigenvalue weighted by Gasteiger charge is -2.26. The van der Waals surface area contributed by atoms with Crippen LogP contribution in [0, 0.1) is 5.92 Å². The average molecular weight is 387 g/mol. The van der Waals surface area contributed by atoms with Crippen molar-refractivity contribution < 1.29 is 19.5 Å². The fourth-order valence-electron chi connectivity index (χ4n) is 4.23. The van der Waals surface area contributed by atoms with Gasteiger partial charge < -0.3 is 14.9 Å². The third-order valence-corrected chi connectivity index (χ3v) is 5.80. The Morgan fingerprint density at radius 3 is 2.64 bits per heavy atom. The Hall–Kier alpha value is -2.41. The Morgan fingerprint density at radius 2 is 1.93 bits per heavy atom. The Labute approximate surface area is 165 Å². The third kappa shape index (κ3) is 5.10. The van der Waals surface area contributed by atoms with Crippen LogP contribution in [-0.4, -0.2) is 76.9 Å². The summed E-state index contributed by atoms with van der Waals surface area (Å²) in [6.45, 7) is 2.34. The summed E-state index contributed by atoms with van der Waals surface area (Å²) in [7, 11) is 1.83. The van der Waals surface area contributed by atoms with E-state index in [9.17, 15) is 14.4 Å². The van der Waals surface area contributed by atoms with E-state index in [2.05, 4.69) is 0 Å². The molecule has 7 heteroatoms. The molecule has 0 saturated carbocycles. The van der Waals surface area contributed by atoms with Crippen LogP contribution in [0.2, 0.25) is 0 Å². The standard InChI is InChI=1S/C21H29N3O4/c1-22(15-20(26)27)18-8-5-10-23(11-9-18)21(28)17-12-19(25)24(14-17)13-16-6-3-2-4-7-16/h2-4,6-7,17-18H,5,8-15H2,1H3,(H,26,27)/t17-,18-/m1/s1. The van der Waals surface area contributed by atoms with E-state index in [0.717, 1.165) is 24.8 Å². The van der Waals surface area contributed by atoms with Crippen LogP contribution in [0.5, 0.6) is 0 Å². The van der Waals surface area contributed by atoms with Crippen LogP contribution in [0.1, 0.15) is 31.2 Å². The molecule has 1 N–H and O–H groups in total. The molecular formula is C21H29N3O4. The van der Waals surface area contributed by atoms with Gasteiger partial charge >= 0.3 is 5.97 Å². The van der Waals surface area contributed by atoms with Crippen molar-refractivity contribution in [2.24, 2.45) is 5.92 Å². The molecule has 1 aromatic rings. The summed E-state index contributed by atoms with van der Waals surface area (Å²) < 4.78 is 0. The number of hydrogen-bond donors (Lipinski definition) is 1. The molecular weight excluding hydrogens is 358 g/mol. The molecule has 0 radical (unpaired) electrons. The molecule has 2 atom stereocenters. The minimum Gasteiger partial charge on any atom is -0.480 e. The maximum Gasteiger partial charge on any atom is 0.317 e. The number of aliphatic carboxylic acids is 1. The monoisotopic (exact) mass is 387 g/mol. The predicted octanol–water partition coefficient (Wildman–Crippen LogP) is 1.43. The molecule has 28 heavy (non-hydrogen) atoms. The Balaban J connectivity index is 1.54. The van der Waals surface area contributed by atoms with Crippen LogP contribution in [0.15, 0.2) is 30.3 Å². The lowest BCUT2D eigenvalue weighted by Crippen LogP contribution is -2.39. The van der Waals surface area contributed by atoms with E-state index in [-0.39, 0.29) is 36.7 Å². The lowest BCUT2D eigenvalue weighted by molar-refractivity contribution is -0.139. The van der Waals surface area contributed by atoms with Gasteiger partial charge in [-0.25, -0.2) is 0 Å². The molecule has 7 nitrogen and oxygen atoms in total. The van der Waals surface area contributed by atoms with Crippen molar-refractivity contribution >= 4 is 17.8 Å². The summed E-state index contributed by atoms with van der Waals surface area (Å²) in [6.07, 6.45) is 2.79. The topological polar surface area (TPSA) is 81.2 Å². The predicted molar refractivity (Wildman–Crippen MR) is 104 cm³/mol. The van der Waals surface area contributed by atoms with E-state index in [4.69, 9.17) is 5.11 Å². The second kappa shape index (κ2) is 9.19. The highest BCUT2D eigenvalue weighted by Gasteiger charge is 2.37. The van der Waals surface area contributed by atoms with E-state index < -0.39 is 5.97 Å².